The molecule has 0 spiro atoms. The number of nitrogens with one attached hydrogen (secondary N) is 2. The molecule has 1 saturated carbocycles. The molecule has 1 fully saturated rings. The molecule has 0 atom stereocenters. The minimum Gasteiger partial charge on any atom is -0.478 e. The van der Waals surface area contributed by atoms with Gasteiger partial charge in [0.25, 0.3) is 0 Å². The standard InChI is InChI=1S/C34H32Cl2N4O2/c35-26-15-23(16-27(36)18-26)21-38-29-6-4-5-28(19-29)37-20-22-9-11-24(12-10-22)33-39-31-17-25(34(41)42)13-14-32(31)40(33)30-7-2-1-3-8-30/h4-6,9-19,30,37-38H,1-3,7-8,20-21H2,(H,41,42). The van der Waals surface area contributed by atoms with Crippen LogP contribution in [0.4, 0.5) is 11.4 Å². The monoisotopic (exact) mass is 598 g/mol. The van der Waals surface area contributed by atoms with Crippen LogP contribution in [0.5, 0.6) is 0 Å². The van der Waals surface area contributed by atoms with Crippen LogP contribution in [0.15, 0.2) is 84.9 Å². The highest BCUT2D eigenvalue weighted by Gasteiger charge is 2.23. The number of nitrogens with zero attached hydrogens (tertiary/aromatic N) is 2. The largest absolute Gasteiger partial charge is 0.478 e. The average molecular weight is 600 g/mol. The van der Waals surface area contributed by atoms with E-state index in [9.17, 15) is 9.90 Å². The van der Waals surface area contributed by atoms with Crippen LogP contribution in [0.2, 0.25) is 10.0 Å². The highest BCUT2D eigenvalue weighted by Crippen LogP contribution is 2.36. The molecule has 1 aromatic heterocycles. The summed E-state index contributed by atoms with van der Waals surface area (Å²) in [7, 11) is 0. The van der Waals surface area contributed by atoms with Gasteiger partial charge in [-0.3, -0.25) is 0 Å². The summed E-state index contributed by atoms with van der Waals surface area (Å²) in [6, 6.07) is 27.9. The maximum absolute atomic E-state index is 11.6. The van der Waals surface area contributed by atoms with Crippen LogP contribution >= 0.6 is 23.2 Å². The molecule has 1 aliphatic rings. The second-order valence-electron chi connectivity index (χ2n) is 10.9. The molecular formula is C34H32Cl2N4O2. The zero-order valence-electron chi connectivity index (χ0n) is 23.1. The van der Waals surface area contributed by atoms with Crippen molar-refractivity contribution >= 4 is 51.6 Å². The number of anilines is 2. The van der Waals surface area contributed by atoms with Gasteiger partial charge in [-0.15, -0.1) is 0 Å². The second kappa shape index (κ2) is 12.5. The highest BCUT2D eigenvalue weighted by molar-refractivity contribution is 6.34. The van der Waals surface area contributed by atoms with E-state index in [0.717, 1.165) is 57.8 Å². The Morgan fingerprint density at radius 1 is 0.810 bits per heavy atom. The Labute approximate surface area is 255 Å². The molecule has 1 heterocycles. The van der Waals surface area contributed by atoms with Gasteiger partial charge in [-0.1, -0.05) is 72.8 Å². The Morgan fingerprint density at radius 2 is 1.48 bits per heavy atom. The fourth-order valence-electron chi connectivity index (χ4n) is 5.78. The summed E-state index contributed by atoms with van der Waals surface area (Å²) in [6.07, 6.45) is 5.89. The molecule has 0 aliphatic heterocycles. The molecule has 0 unspecified atom stereocenters. The summed E-state index contributed by atoms with van der Waals surface area (Å²) in [5.74, 6) is -0.0337. The number of hydrogen-bond donors (Lipinski definition) is 3. The SMILES string of the molecule is O=C(O)c1ccc2c(c1)nc(-c1ccc(CNc3cccc(NCc4cc(Cl)cc(Cl)c4)c3)cc1)n2C1CCCCC1. The maximum atomic E-state index is 11.6. The van der Waals surface area contributed by atoms with Crippen LogP contribution in [0.25, 0.3) is 22.4 Å². The third kappa shape index (κ3) is 6.40. The van der Waals surface area contributed by atoms with E-state index in [1.54, 1.807) is 18.2 Å². The number of benzene rings is 4. The summed E-state index contributed by atoms with van der Waals surface area (Å²) in [5.41, 5.74) is 7.21. The molecule has 1 aliphatic carbocycles. The van der Waals surface area contributed by atoms with E-state index in [0.29, 0.717) is 29.2 Å². The lowest BCUT2D eigenvalue weighted by Gasteiger charge is -2.25. The van der Waals surface area contributed by atoms with E-state index < -0.39 is 5.97 Å². The summed E-state index contributed by atoms with van der Waals surface area (Å²) in [4.78, 5) is 16.5. The molecule has 5 aromatic rings. The molecule has 8 heteroatoms. The van der Waals surface area contributed by atoms with E-state index in [1.807, 2.05) is 36.4 Å². The molecule has 0 saturated heterocycles. The van der Waals surface area contributed by atoms with E-state index >= 15 is 0 Å². The van der Waals surface area contributed by atoms with Crippen molar-refractivity contribution in [1.82, 2.24) is 9.55 Å². The smallest absolute Gasteiger partial charge is 0.335 e. The molecule has 0 radical (unpaired) electrons. The summed E-state index contributed by atoms with van der Waals surface area (Å²) in [6.45, 7) is 1.29. The Morgan fingerprint density at radius 3 is 2.14 bits per heavy atom. The number of carboxylic acids is 1. The lowest BCUT2D eigenvalue weighted by atomic mass is 9.94. The van der Waals surface area contributed by atoms with Crippen LogP contribution < -0.4 is 10.6 Å². The van der Waals surface area contributed by atoms with Crippen molar-refractivity contribution in [2.75, 3.05) is 10.6 Å². The minimum atomic E-state index is -0.935. The molecule has 3 N–H and O–H groups in total. The van der Waals surface area contributed by atoms with Crippen molar-refractivity contribution in [1.29, 1.82) is 0 Å². The number of halogens is 2. The van der Waals surface area contributed by atoms with Gasteiger partial charge in [0.15, 0.2) is 0 Å². The number of aromatic carboxylic acids is 1. The van der Waals surface area contributed by atoms with E-state index in [2.05, 4.69) is 45.5 Å². The van der Waals surface area contributed by atoms with E-state index in [4.69, 9.17) is 28.2 Å². The van der Waals surface area contributed by atoms with Crippen molar-refractivity contribution in [2.24, 2.45) is 0 Å². The van der Waals surface area contributed by atoms with Gasteiger partial charge >= 0.3 is 5.97 Å². The number of fused-ring (bicyclic) bond motifs is 1. The molecule has 214 valence electrons. The molecule has 4 aromatic carbocycles. The topological polar surface area (TPSA) is 79.2 Å². The van der Waals surface area contributed by atoms with Gasteiger partial charge in [0, 0.05) is 46.1 Å². The lowest BCUT2D eigenvalue weighted by Crippen LogP contribution is -2.14. The number of carbonyl (C=O) groups is 1. The zero-order valence-corrected chi connectivity index (χ0v) is 24.6. The van der Waals surface area contributed by atoms with Gasteiger partial charge in [0.05, 0.1) is 16.6 Å². The summed E-state index contributed by atoms with van der Waals surface area (Å²) < 4.78 is 2.34. The van der Waals surface area contributed by atoms with Gasteiger partial charge in [-0.2, -0.15) is 0 Å². The molecular weight excluding hydrogens is 567 g/mol. The quantitative estimate of drug-likeness (QED) is 0.157. The van der Waals surface area contributed by atoms with Gasteiger partial charge in [0.1, 0.15) is 5.82 Å². The van der Waals surface area contributed by atoms with Crippen LogP contribution in [0.1, 0.15) is 59.6 Å². The lowest BCUT2D eigenvalue weighted by molar-refractivity contribution is 0.0697. The van der Waals surface area contributed by atoms with Crippen LogP contribution in [-0.2, 0) is 13.1 Å². The zero-order chi connectivity index (χ0) is 29.1. The van der Waals surface area contributed by atoms with Crippen molar-refractivity contribution in [3.63, 3.8) is 0 Å². The maximum Gasteiger partial charge on any atom is 0.335 e. The first-order valence-corrected chi connectivity index (χ1v) is 15.1. The number of aromatic nitrogens is 2. The molecule has 6 nitrogen and oxygen atoms in total. The van der Waals surface area contributed by atoms with E-state index in [1.165, 1.54) is 19.3 Å². The number of rotatable bonds is 9. The minimum absolute atomic E-state index is 0.261. The first-order chi connectivity index (χ1) is 20.4. The van der Waals surface area contributed by atoms with Gasteiger partial charge in [0.2, 0.25) is 0 Å². The third-order valence-corrected chi connectivity index (χ3v) is 8.30. The Balaban J connectivity index is 1.17. The van der Waals surface area contributed by atoms with Crippen LogP contribution in [0.3, 0.4) is 0 Å². The number of imidazole rings is 1. The number of carboxylic acid groups (broad SMARTS) is 1. The predicted octanol–water partition coefficient (Wildman–Crippen LogP) is 9.44. The number of hydrogen-bond acceptors (Lipinski definition) is 4. The van der Waals surface area contributed by atoms with Crippen molar-refractivity contribution < 1.29 is 9.90 Å². The highest BCUT2D eigenvalue weighted by atomic mass is 35.5. The van der Waals surface area contributed by atoms with Crippen LogP contribution in [0, 0.1) is 0 Å². The van der Waals surface area contributed by atoms with Gasteiger partial charge in [-0.25, -0.2) is 9.78 Å². The first kappa shape index (κ1) is 28.1. The predicted molar refractivity (Wildman–Crippen MR) is 172 cm³/mol. The fraction of sp³-hybridized carbons (Fsp3) is 0.235. The van der Waals surface area contributed by atoms with Crippen molar-refractivity contribution in [2.45, 2.75) is 51.2 Å². The van der Waals surface area contributed by atoms with Gasteiger partial charge < -0.3 is 20.3 Å². The Bertz CT molecular complexity index is 1710. The Hall–Kier alpha value is -4.00. The molecule has 0 bridgehead atoms. The van der Waals surface area contributed by atoms with Crippen molar-refractivity contribution in [3.8, 4) is 11.4 Å². The van der Waals surface area contributed by atoms with E-state index in [-0.39, 0.29) is 5.56 Å². The Kier molecular flexibility index (Phi) is 8.36. The molecule has 42 heavy (non-hydrogen) atoms. The molecule has 0 amide bonds. The summed E-state index contributed by atoms with van der Waals surface area (Å²) in [5, 5.41) is 17.7. The third-order valence-electron chi connectivity index (χ3n) is 7.87. The first-order valence-electron chi connectivity index (χ1n) is 14.3. The van der Waals surface area contributed by atoms with Gasteiger partial charge in [-0.05, 0) is 78.6 Å². The van der Waals surface area contributed by atoms with Crippen LogP contribution in [-0.4, -0.2) is 20.6 Å². The van der Waals surface area contributed by atoms with Crippen molar-refractivity contribution in [3.05, 3.63) is 112 Å². The second-order valence-corrected chi connectivity index (χ2v) is 11.7. The fourth-order valence-corrected chi connectivity index (χ4v) is 6.35. The molecule has 6 rings (SSSR count). The average Bonchev–Trinajstić information content (AvgIpc) is 3.38. The summed E-state index contributed by atoms with van der Waals surface area (Å²) >= 11 is 12.3. The normalized spacial score (nSPS) is 13.8.